The van der Waals surface area contributed by atoms with Gasteiger partial charge in [0, 0.05) is 25.5 Å². The molecule has 0 aliphatic heterocycles. The van der Waals surface area contributed by atoms with Crippen LogP contribution in [0.2, 0.25) is 0 Å². The largest absolute Gasteiger partial charge is 0.384 e. The second kappa shape index (κ2) is 10.1. The first-order chi connectivity index (χ1) is 17.3. The van der Waals surface area contributed by atoms with Gasteiger partial charge in [-0.2, -0.15) is 0 Å². The lowest BCUT2D eigenvalue weighted by Crippen LogP contribution is -2.42. The maximum Gasteiger partial charge on any atom is 0.332 e. The number of carbonyl (C=O) groups excluding carboxylic acids is 1. The maximum atomic E-state index is 13.3. The Labute approximate surface area is 224 Å². The third-order valence-corrected chi connectivity index (χ3v) is 9.48. The number of nitrogens with two attached hydrogens (primary N) is 1. The van der Waals surface area contributed by atoms with E-state index in [0.717, 1.165) is 32.7 Å². The number of thioether (sulfide) groups is 1. The van der Waals surface area contributed by atoms with Gasteiger partial charge in [-0.3, -0.25) is 23.3 Å². The van der Waals surface area contributed by atoms with Crippen LogP contribution in [0, 0.1) is 11.3 Å². The summed E-state index contributed by atoms with van der Waals surface area (Å²) in [5.74, 6) is 0.778. The molecule has 0 fully saturated rings. The number of thiophene rings is 1. The smallest absolute Gasteiger partial charge is 0.332 e. The van der Waals surface area contributed by atoms with Gasteiger partial charge in [0.15, 0.2) is 16.8 Å². The minimum absolute atomic E-state index is 0.142. The van der Waals surface area contributed by atoms with Crippen LogP contribution in [0.1, 0.15) is 54.9 Å². The molecule has 4 rings (SSSR count). The number of nitrogen functional groups attached to an aromatic ring is 1. The summed E-state index contributed by atoms with van der Waals surface area (Å²) < 4.78 is 3.94. The van der Waals surface area contributed by atoms with Gasteiger partial charge in [0.1, 0.15) is 11.4 Å². The lowest BCUT2D eigenvalue weighted by atomic mass is 9.72. The van der Waals surface area contributed by atoms with Crippen LogP contribution in [-0.2, 0) is 33.5 Å². The molecule has 0 bridgehead atoms. The Morgan fingerprint density at radius 3 is 2.65 bits per heavy atom. The second-order valence-corrected chi connectivity index (χ2v) is 13.1. The van der Waals surface area contributed by atoms with Gasteiger partial charge in [-0.1, -0.05) is 38.6 Å². The van der Waals surface area contributed by atoms with Crippen molar-refractivity contribution >= 4 is 34.7 Å². The molecular weight excluding hydrogens is 508 g/mol. The lowest BCUT2D eigenvalue weighted by Gasteiger charge is -2.33. The van der Waals surface area contributed by atoms with Crippen LogP contribution in [0.5, 0.6) is 0 Å². The number of carbonyl (C=O) groups is 1. The Balaban J connectivity index is 1.64. The average Bonchev–Trinajstić information content (AvgIpc) is 3.44. The molecule has 37 heavy (non-hydrogen) atoms. The number of ketones is 1. The van der Waals surface area contributed by atoms with Gasteiger partial charge in [-0.25, -0.2) is 4.79 Å². The van der Waals surface area contributed by atoms with Crippen molar-refractivity contribution in [2.75, 3.05) is 5.73 Å². The van der Waals surface area contributed by atoms with Crippen molar-refractivity contribution in [3.63, 3.8) is 0 Å². The summed E-state index contributed by atoms with van der Waals surface area (Å²) in [5, 5.41) is 8.75. The van der Waals surface area contributed by atoms with Crippen LogP contribution < -0.4 is 17.0 Å². The van der Waals surface area contributed by atoms with Gasteiger partial charge >= 0.3 is 5.69 Å². The first kappa shape index (κ1) is 27.1. The number of allylic oxidation sites excluding steroid dienone is 1. The number of hydrogen-bond acceptors (Lipinski definition) is 8. The Morgan fingerprint density at radius 1 is 1.30 bits per heavy atom. The molecule has 3 aromatic rings. The van der Waals surface area contributed by atoms with E-state index in [1.807, 2.05) is 4.57 Å². The lowest BCUT2D eigenvalue weighted by molar-refractivity contribution is 0.0992. The number of fused-ring (bicyclic) bond motifs is 1. The number of hydrogen-bond donors (Lipinski definition) is 1. The monoisotopic (exact) mass is 542 g/mol. The zero-order valence-electron chi connectivity index (χ0n) is 22.2. The molecule has 0 saturated carbocycles. The zero-order chi connectivity index (χ0) is 27.2. The number of aromatic nitrogens is 5. The molecule has 2 N–H and O–H groups in total. The molecule has 0 radical (unpaired) electrons. The SMILES string of the molecule is C=CCn1c(S[C@H](C)C(=O)c2c(N)n(C)c(=O)n(C)c2=O)nnc1-c1cc2c(s1)CC[C@H](C(C)(C)C)C2. The molecule has 1 aliphatic rings. The number of anilines is 1. The molecule has 0 amide bonds. The molecule has 1 aliphatic carbocycles. The second-order valence-electron chi connectivity index (χ2n) is 10.7. The molecular formula is C26H34N6O3S2. The summed E-state index contributed by atoms with van der Waals surface area (Å²) in [6.45, 7) is 13.0. The molecule has 3 aromatic heterocycles. The van der Waals surface area contributed by atoms with Crippen LogP contribution in [0.25, 0.3) is 10.7 Å². The van der Waals surface area contributed by atoms with E-state index in [0.29, 0.717) is 17.6 Å². The Kier molecular flexibility index (Phi) is 7.40. The highest BCUT2D eigenvalue weighted by atomic mass is 32.2. The predicted octanol–water partition coefficient (Wildman–Crippen LogP) is 3.69. The van der Waals surface area contributed by atoms with Crippen molar-refractivity contribution in [3.05, 3.63) is 55.6 Å². The highest BCUT2D eigenvalue weighted by Crippen LogP contribution is 2.42. The maximum absolute atomic E-state index is 13.3. The molecule has 3 heterocycles. The number of Topliss-reactive ketones (excluding diaryl/α,β-unsaturated/α-hetero) is 1. The summed E-state index contributed by atoms with van der Waals surface area (Å²) in [5.41, 5.74) is 6.18. The van der Waals surface area contributed by atoms with E-state index >= 15 is 0 Å². The fourth-order valence-electron chi connectivity index (χ4n) is 4.73. The van der Waals surface area contributed by atoms with Crippen molar-refractivity contribution < 1.29 is 4.79 Å². The standard InChI is InChI=1S/C26H34N6O3S2/c1-8-11-32-22(18-13-15-12-16(26(3,4)5)9-10-17(15)37-18)28-29-24(32)36-14(2)20(33)19-21(27)30(6)25(35)31(7)23(19)34/h8,13-14,16H,1,9-12,27H2,2-7H3/t14-,16+/m1/s1. The van der Waals surface area contributed by atoms with E-state index in [9.17, 15) is 14.4 Å². The Hall–Kier alpha value is -2.92. The minimum Gasteiger partial charge on any atom is -0.384 e. The minimum atomic E-state index is -0.705. The normalized spacial score (nSPS) is 16.4. The highest BCUT2D eigenvalue weighted by molar-refractivity contribution is 8.00. The van der Waals surface area contributed by atoms with Crippen LogP contribution in [-0.4, -0.2) is 34.9 Å². The van der Waals surface area contributed by atoms with Gasteiger partial charge in [-0.15, -0.1) is 28.1 Å². The summed E-state index contributed by atoms with van der Waals surface area (Å²) in [7, 11) is 2.76. The van der Waals surface area contributed by atoms with Gasteiger partial charge < -0.3 is 5.73 Å². The molecule has 2 atom stereocenters. The third-order valence-electron chi connectivity index (χ3n) is 7.16. The van der Waals surface area contributed by atoms with Crippen molar-refractivity contribution in [1.29, 1.82) is 0 Å². The van der Waals surface area contributed by atoms with Gasteiger partial charge in [0.05, 0.1) is 10.1 Å². The molecule has 9 nitrogen and oxygen atoms in total. The molecule has 0 saturated heterocycles. The predicted molar refractivity (Wildman–Crippen MR) is 149 cm³/mol. The van der Waals surface area contributed by atoms with Gasteiger partial charge in [0.25, 0.3) is 5.56 Å². The number of rotatable bonds is 7. The van der Waals surface area contributed by atoms with Crippen molar-refractivity contribution in [1.82, 2.24) is 23.9 Å². The van der Waals surface area contributed by atoms with Crippen LogP contribution >= 0.6 is 23.1 Å². The Bertz CT molecular complexity index is 1490. The average molecular weight is 543 g/mol. The molecule has 11 heteroatoms. The van der Waals surface area contributed by atoms with Crippen LogP contribution in [0.4, 0.5) is 5.82 Å². The van der Waals surface area contributed by atoms with E-state index in [1.54, 1.807) is 24.3 Å². The van der Waals surface area contributed by atoms with E-state index in [2.05, 4.69) is 43.6 Å². The van der Waals surface area contributed by atoms with Crippen LogP contribution in [0.3, 0.4) is 0 Å². The first-order valence-corrected chi connectivity index (χ1v) is 14.0. The summed E-state index contributed by atoms with van der Waals surface area (Å²) in [4.78, 5) is 40.6. The summed E-state index contributed by atoms with van der Waals surface area (Å²) >= 11 is 2.96. The van der Waals surface area contributed by atoms with E-state index in [1.165, 1.54) is 42.7 Å². The Morgan fingerprint density at radius 2 is 2.00 bits per heavy atom. The first-order valence-electron chi connectivity index (χ1n) is 12.3. The topological polar surface area (TPSA) is 118 Å². The fourth-order valence-corrected chi connectivity index (χ4v) is 6.85. The number of aryl methyl sites for hydroxylation is 1. The highest BCUT2D eigenvalue weighted by Gasteiger charge is 2.31. The molecule has 0 unspecified atom stereocenters. The third kappa shape index (κ3) is 4.98. The van der Waals surface area contributed by atoms with E-state index in [-0.39, 0.29) is 16.8 Å². The molecule has 0 aromatic carbocycles. The molecule has 0 spiro atoms. The number of nitrogens with zero attached hydrogens (tertiary/aromatic N) is 5. The van der Waals surface area contributed by atoms with E-state index in [4.69, 9.17) is 5.73 Å². The van der Waals surface area contributed by atoms with E-state index < -0.39 is 22.3 Å². The quantitative estimate of drug-likeness (QED) is 0.275. The van der Waals surface area contributed by atoms with Gasteiger partial charge in [0.2, 0.25) is 0 Å². The van der Waals surface area contributed by atoms with Crippen molar-refractivity contribution in [2.24, 2.45) is 25.4 Å². The van der Waals surface area contributed by atoms with Crippen molar-refractivity contribution in [3.8, 4) is 10.7 Å². The fraction of sp³-hybridized carbons (Fsp3) is 0.500. The summed E-state index contributed by atoms with van der Waals surface area (Å²) in [6.07, 6.45) is 5.09. The summed E-state index contributed by atoms with van der Waals surface area (Å²) in [6, 6.07) is 2.24. The molecule has 198 valence electrons. The van der Waals surface area contributed by atoms with Crippen LogP contribution in [0.15, 0.2) is 33.5 Å². The zero-order valence-corrected chi connectivity index (χ0v) is 23.8. The van der Waals surface area contributed by atoms with Crippen molar-refractivity contribution in [2.45, 2.75) is 63.9 Å². The van der Waals surface area contributed by atoms with Gasteiger partial charge in [-0.05, 0) is 49.1 Å².